The van der Waals surface area contributed by atoms with Gasteiger partial charge in [0.25, 0.3) is 5.91 Å². The van der Waals surface area contributed by atoms with E-state index in [9.17, 15) is 22.2 Å². The summed E-state index contributed by atoms with van der Waals surface area (Å²) in [7, 11) is -1.76. The van der Waals surface area contributed by atoms with Crippen molar-refractivity contribution in [2.45, 2.75) is 42.3 Å². The zero-order chi connectivity index (χ0) is 20.9. The second kappa shape index (κ2) is 9.43. The highest BCUT2D eigenvalue weighted by Crippen LogP contribution is 2.34. The van der Waals surface area contributed by atoms with Crippen LogP contribution in [0.3, 0.4) is 0 Å². The van der Waals surface area contributed by atoms with Crippen molar-refractivity contribution in [3.8, 4) is 5.75 Å². The number of carbonyl (C=O) groups is 1. The molecule has 2 aromatic carbocycles. The van der Waals surface area contributed by atoms with Crippen LogP contribution >= 0.6 is 11.6 Å². The zero-order valence-corrected chi connectivity index (χ0v) is 16.8. The standard InChI is InChI=1S/C19H19ClF3NO3S/c1-3-16(18(25)24-4-2)27-13-6-8-14(9-7-13)28(26)17-10-5-12(11-15(17)20)19(21,22)23/h5-11,16H,3-4H2,1-2H3,(H,24,25). The highest BCUT2D eigenvalue weighted by molar-refractivity contribution is 7.85. The van der Waals surface area contributed by atoms with Crippen LogP contribution in [0.1, 0.15) is 25.8 Å². The number of likely N-dealkylation sites (N-methyl/N-ethyl adjacent to an activating group) is 1. The third-order valence-electron chi connectivity index (χ3n) is 3.79. The molecular weight excluding hydrogens is 415 g/mol. The summed E-state index contributed by atoms with van der Waals surface area (Å²) in [6, 6.07) is 8.83. The minimum Gasteiger partial charge on any atom is -0.481 e. The van der Waals surface area contributed by atoms with E-state index in [1.54, 1.807) is 19.1 Å². The van der Waals surface area contributed by atoms with Gasteiger partial charge in [-0.3, -0.25) is 4.79 Å². The fourth-order valence-electron chi connectivity index (χ4n) is 2.37. The lowest BCUT2D eigenvalue weighted by atomic mass is 10.2. The van der Waals surface area contributed by atoms with Gasteiger partial charge in [0.2, 0.25) is 0 Å². The summed E-state index contributed by atoms with van der Waals surface area (Å²) in [5.41, 5.74) is -0.905. The van der Waals surface area contributed by atoms with Gasteiger partial charge in [-0.05, 0) is 55.8 Å². The van der Waals surface area contributed by atoms with Gasteiger partial charge in [0.1, 0.15) is 5.75 Å². The van der Waals surface area contributed by atoms with Gasteiger partial charge in [-0.1, -0.05) is 18.5 Å². The average Bonchev–Trinajstić information content (AvgIpc) is 2.65. The third kappa shape index (κ3) is 5.48. The molecule has 9 heteroatoms. The van der Waals surface area contributed by atoms with Gasteiger partial charge in [-0.15, -0.1) is 0 Å². The van der Waals surface area contributed by atoms with Crippen LogP contribution in [-0.2, 0) is 21.8 Å². The zero-order valence-electron chi connectivity index (χ0n) is 15.2. The van der Waals surface area contributed by atoms with E-state index in [0.29, 0.717) is 23.6 Å². The smallest absolute Gasteiger partial charge is 0.416 e. The Balaban J connectivity index is 2.17. The molecule has 0 aliphatic rings. The molecule has 28 heavy (non-hydrogen) atoms. The lowest BCUT2D eigenvalue weighted by molar-refractivity contribution is -0.137. The van der Waals surface area contributed by atoms with Gasteiger partial charge in [0, 0.05) is 11.4 Å². The minimum atomic E-state index is -4.53. The van der Waals surface area contributed by atoms with Gasteiger partial charge in [-0.25, -0.2) is 4.21 Å². The van der Waals surface area contributed by atoms with Gasteiger partial charge in [-0.2, -0.15) is 13.2 Å². The summed E-state index contributed by atoms with van der Waals surface area (Å²) in [5, 5.41) is 2.46. The molecule has 0 aliphatic carbocycles. The summed E-state index contributed by atoms with van der Waals surface area (Å²) < 4.78 is 56.5. The van der Waals surface area contributed by atoms with Crippen molar-refractivity contribution in [2.75, 3.05) is 6.54 Å². The van der Waals surface area contributed by atoms with E-state index in [4.69, 9.17) is 16.3 Å². The number of halogens is 4. The number of hydrogen-bond acceptors (Lipinski definition) is 3. The molecule has 2 unspecified atom stereocenters. The number of amides is 1. The topological polar surface area (TPSA) is 55.4 Å². The third-order valence-corrected chi connectivity index (χ3v) is 5.67. The fourth-order valence-corrected chi connectivity index (χ4v) is 3.83. The van der Waals surface area contributed by atoms with Crippen LogP contribution in [0.5, 0.6) is 5.75 Å². The van der Waals surface area contributed by atoms with Crippen molar-refractivity contribution in [1.82, 2.24) is 5.32 Å². The quantitative estimate of drug-likeness (QED) is 0.681. The lowest BCUT2D eigenvalue weighted by Gasteiger charge is -2.17. The first kappa shape index (κ1) is 22.2. The molecule has 2 aromatic rings. The Morgan fingerprint density at radius 1 is 1.18 bits per heavy atom. The fraction of sp³-hybridized carbons (Fsp3) is 0.316. The van der Waals surface area contributed by atoms with Crippen molar-refractivity contribution < 1.29 is 26.9 Å². The molecular formula is C19H19ClF3NO3S. The van der Waals surface area contributed by atoms with E-state index in [1.165, 1.54) is 12.1 Å². The maximum atomic E-state index is 12.7. The predicted molar refractivity (Wildman–Crippen MR) is 101 cm³/mol. The summed E-state index contributed by atoms with van der Waals surface area (Å²) in [4.78, 5) is 12.3. The normalized spacial score (nSPS) is 13.6. The van der Waals surface area contributed by atoms with E-state index in [0.717, 1.165) is 18.2 Å². The van der Waals surface area contributed by atoms with Gasteiger partial charge < -0.3 is 10.1 Å². The Hall–Kier alpha value is -2.06. The van der Waals surface area contributed by atoms with E-state index in [-0.39, 0.29) is 15.8 Å². The van der Waals surface area contributed by atoms with Crippen LogP contribution < -0.4 is 10.1 Å². The Morgan fingerprint density at radius 3 is 2.32 bits per heavy atom. The number of rotatable bonds is 7. The minimum absolute atomic E-state index is 0.0806. The largest absolute Gasteiger partial charge is 0.481 e. The monoisotopic (exact) mass is 433 g/mol. The van der Waals surface area contributed by atoms with Crippen LogP contribution in [0.4, 0.5) is 13.2 Å². The SMILES string of the molecule is CCNC(=O)C(CC)Oc1ccc(S(=O)c2ccc(C(F)(F)F)cc2Cl)cc1. The van der Waals surface area contributed by atoms with Crippen molar-refractivity contribution in [3.05, 3.63) is 53.1 Å². The number of alkyl halides is 3. The molecule has 0 saturated heterocycles. The summed E-state index contributed by atoms with van der Waals surface area (Å²) in [6.45, 7) is 4.11. The second-order valence-corrected chi connectivity index (χ2v) is 7.65. The van der Waals surface area contributed by atoms with Crippen LogP contribution in [0.2, 0.25) is 5.02 Å². The van der Waals surface area contributed by atoms with Crippen molar-refractivity contribution in [2.24, 2.45) is 0 Å². The molecule has 0 fully saturated rings. The summed E-state index contributed by atoms with van der Waals surface area (Å²) in [5.74, 6) is 0.187. The molecule has 4 nitrogen and oxygen atoms in total. The van der Waals surface area contributed by atoms with E-state index in [1.807, 2.05) is 6.92 Å². The Kier molecular flexibility index (Phi) is 7.48. The lowest BCUT2D eigenvalue weighted by Crippen LogP contribution is -2.37. The Labute approximate surface area is 168 Å². The molecule has 0 aromatic heterocycles. The van der Waals surface area contributed by atoms with E-state index >= 15 is 0 Å². The van der Waals surface area contributed by atoms with Crippen molar-refractivity contribution >= 4 is 28.3 Å². The highest BCUT2D eigenvalue weighted by atomic mass is 35.5. The Morgan fingerprint density at radius 2 is 1.82 bits per heavy atom. The van der Waals surface area contributed by atoms with Gasteiger partial charge >= 0.3 is 6.18 Å². The van der Waals surface area contributed by atoms with Gasteiger partial charge in [0.05, 0.1) is 26.3 Å². The molecule has 0 heterocycles. The first-order valence-corrected chi connectivity index (χ1v) is 10.0. The number of ether oxygens (including phenoxy) is 1. The molecule has 0 radical (unpaired) electrons. The average molecular weight is 434 g/mol. The Bertz CT molecular complexity index is 856. The molecule has 2 rings (SSSR count). The number of hydrogen-bond donors (Lipinski definition) is 1. The maximum absolute atomic E-state index is 12.7. The van der Waals surface area contributed by atoms with Crippen LogP contribution in [0.25, 0.3) is 0 Å². The second-order valence-electron chi connectivity index (χ2n) is 5.79. The number of carbonyl (C=O) groups excluding carboxylic acids is 1. The van der Waals surface area contributed by atoms with Gasteiger partial charge in [0.15, 0.2) is 6.10 Å². The molecule has 1 amide bonds. The molecule has 1 N–H and O–H groups in total. The highest BCUT2D eigenvalue weighted by Gasteiger charge is 2.31. The van der Waals surface area contributed by atoms with Crippen LogP contribution in [0.15, 0.2) is 52.3 Å². The summed E-state index contributed by atoms with van der Waals surface area (Å²) in [6.07, 6.45) is -4.70. The van der Waals surface area contributed by atoms with E-state index in [2.05, 4.69) is 5.32 Å². The van der Waals surface area contributed by atoms with Crippen molar-refractivity contribution in [3.63, 3.8) is 0 Å². The molecule has 0 spiro atoms. The first-order valence-electron chi connectivity index (χ1n) is 8.50. The first-order chi connectivity index (χ1) is 13.2. The van der Waals surface area contributed by atoms with E-state index < -0.39 is 28.6 Å². The molecule has 0 bridgehead atoms. The summed E-state index contributed by atoms with van der Waals surface area (Å²) >= 11 is 5.90. The van der Waals surface area contributed by atoms with Crippen molar-refractivity contribution in [1.29, 1.82) is 0 Å². The molecule has 0 saturated carbocycles. The predicted octanol–water partition coefficient (Wildman–Crippen LogP) is 4.82. The molecule has 0 aliphatic heterocycles. The van der Waals surface area contributed by atoms with Crippen LogP contribution in [0, 0.1) is 0 Å². The number of benzene rings is 2. The number of nitrogens with one attached hydrogen (secondary N) is 1. The molecule has 152 valence electrons. The van der Waals surface area contributed by atoms with Crippen LogP contribution in [-0.4, -0.2) is 22.8 Å². The molecule has 2 atom stereocenters. The maximum Gasteiger partial charge on any atom is 0.416 e.